The van der Waals surface area contributed by atoms with Gasteiger partial charge in [-0.1, -0.05) is 18.7 Å². The fourth-order valence-electron chi connectivity index (χ4n) is 2.35. The molecule has 22 heavy (non-hydrogen) atoms. The Hall–Kier alpha value is -2.14. The lowest BCUT2D eigenvalue weighted by atomic mass is 10.1. The highest BCUT2D eigenvalue weighted by atomic mass is 16.5. The molecule has 1 aliphatic rings. The standard InChI is InChI=1S/C17H22N2O3/c1-2-16(20)18-12-13-5-7-14(8-6-13)17(21)19-15-4-3-10-22-11-9-15/h2,5-8,15H,1,3-4,9-12H2,(H,18,20)(H,19,21). The van der Waals surface area contributed by atoms with Crippen molar-refractivity contribution in [2.75, 3.05) is 13.2 Å². The van der Waals surface area contributed by atoms with Gasteiger partial charge in [-0.25, -0.2) is 0 Å². The van der Waals surface area contributed by atoms with Gasteiger partial charge in [-0.05, 0) is 43.0 Å². The molecule has 0 radical (unpaired) electrons. The molecule has 118 valence electrons. The van der Waals surface area contributed by atoms with E-state index in [1.54, 1.807) is 12.1 Å². The third-order valence-electron chi connectivity index (χ3n) is 3.66. The first kappa shape index (κ1) is 16.2. The number of benzene rings is 1. The van der Waals surface area contributed by atoms with Crippen LogP contribution in [0.15, 0.2) is 36.9 Å². The van der Waals surface area contributed by atoms with Crippen LogP contribution in [0.3, 0.4) is 0 Å². The summed E-state index contributed by atoms with van der Waals surface area (Å²) in [6.07, 6.45) is 4.03. The molecule has 1 fully saturated rings. The summed E-state index contributed by atoms with van der Waals surface area (Å²) in [6.45, 7) is 5.30. The van der Waals surface area contributed by atoms with E-state index < -0.39 is 0 Å². The zero-order chi connectivity index (χ0) is 15.8. The molecule has 1 aromatic carbocycles. The smallest absolute Gasteiger partial charge is 0.251 e. The van der Waals surface area contributed by atoms with Gasteiger partial charge in [-0.3, -0.25) is 9.59 Å². The summed E-state index contributed by atoms with van der Waals surface area (Å²) in [5, 5.41) is 5.75. The highest BCUT2D eigenvalue weighted by molar-refractivity contribution is 5.94. The number of rotatable bonds is 5. The maximum atomic E-state index is 12.2. The Kier molecular flexibility index (Phi) is 6.15. The van der Waals surface area contributed by atoms with Gasteiger partial charge in [0, 0.05) is 31.4 Å². The van der Waals surface area contributed by atoms with Gasteiger partial charge in [0.25, 0.3) is 5.91 Å². The van der Waals surface area contributed by atoms with Crippen LogP contribution in [0.1, 0.15) is 35.2 Å². The maximum Gasteiger partial charge on any atom is 0.251 e. The third-order valence-corrected chi connectivity index (χ3v) is 3.66. The summed E-state index contributed by atoms with van der Waals surface area (Å²) in [5.74, 6) is -0.272. The van der Waals surface area contributed by atoms with Crippen molar-refractivity contribution >= 4 is 11.8 Å². The second kappa shape index (κ2) is 8.34. The normalized spacial score (nSPS) is 18.1. The molecule has 2 N–H and O–H groups in total. The van der Waals surface area contributed by atoms with E-state index in [1.807, 2.05) is 12.1 Å². The number of carbonyl (C=O) groups excluding carboxylic acids is 2. The number of ether oxygens (including phenoxy) is 1. The van der Waals surface area contributed by atoms with Crippen molar-refractivity contribution in [2.24, 2.45) is 0 Å². The van der Waals surface area contributed by atoms with Gasteiger partial charge in [0.15, 0.2) is 0 Å². The minimum Gasteiger partial charge on any atom is -0.381 e. The molecule has 1 aromatic rings. The average molecular weight is 302 g/mol. The molecule has 0 spiro atoms. The fraction of sp³-hybridized carbons (Fsp3) is 0.412. The summed E-state index contributed by atoms with van der Waals surface area (Å²) >= 11 is 0. The van der Waals surface area contributed by atoms with Gasteiger partial charge < -0.3 is 15.4 Å². The first-order valence-electron chi connectivity index (χ1n) is 7.57. The Morgan fingerprint density at radius 3 is 2.73 bits per heavy atom. The van der Waals surface area contributed by atoms with Gasteiger partial charge in [0.05, 0.1) is 0 Å². The number of hydrogen-bond acceptors (Lipinski definition) is 3. The minimum atomic E-state index is -0.211. The first-order valence-corrected chi connectivity index (χ1v) is 7.57. The summed E-state index contributed by atoms with van der Waals surface area (Å²) in [4.78, 5) is 23.3. The Morgan fingerprint density at radius 1 is 1.23 bits per heavy atom. The highest BCUT2D eigenvalue weighted by Crippen LogP contribution is 2.10. The molecule has 0 bridgehead atoms. The number of nitrogens with one attached hydrogen (secondary N) is 2. The highest BCUT2D eigenvalue weighted by Gasteiger charge is 2.15. The molecular formula is C17H22N2O3. The second-order valence-electron chi connectivity index (χ2n) is 5.33. The maximum absolute atomic E-state index is 12.2. The zero-order valence-electron chi connectivity index (χ0n) is 12.6. The van der Waals surface area contributed by atoms with Crippen molar-refractivity contribution in [3.63, 3.8) is 0 Å². The SMILES string of the molecule is C=CC(=O)NCc1ccc(C(=O)NC2CCCOCC2)cc1. The predicted molar refractivity (Wildman–Crippen MR) is 84.4 cm³/mol. The summed E-state index contributed by atoms with van der Waals surface area (Å²) in [5.41, 5.74) is 1.57. The number of hydrogen-bond donors (Lipinski definition) is 2. The molecule has 0 aromatic heterocycles. The van der Waals surface area contributed by atoms with Crippen LogP contribution in [-0.4, -0.2) is 31.1 Å². The summed E-state index contributed by atoms with van der Waals surface area (Å²) < 4.78 is 5.39. The molecule has 1 aliphatic heterocycles. The summed E-state index contributed by atoms with van der Waals surface area (Å²) in [6, 6.07) is 7.42. The van der Waals surface area contributed by atoms with Crippen LogP contribution < -0.4 is 10.6 Å². The van der Waals surface area contributed by atoms with Crippen LogP contribution >= 0.6 is 0 Å². The fourth-order valence-corrected chi connectivity index (χ4v) is 2.35. The van der Waals surface area contributed by atoms with E-state index in [2.05, 4.69) is 17.2 Å². The van der Waals surface area contributed by atoms with Crippen molar-refractivity contribution in [3.8, 4) is 0 Å². The molecule has 0 aliphatic carbocycles. The van der Waals surface area contributed by atoms with Crippen LogP contribution in [0.25, 0.3) is 0 Å². The predicted octanol–water partition coefficient (Wildman–Crippen LogP) is 1.79. The molecule has 1 heterocycles. The van der Waals surface area contributed by atoms with Crippen LogP contribution in [0.5, 0.6) is 0 Å². The minimum absolute atomic E-state index is 0.0615. The van der Waals surface area contributed by atoms with Crippen molar-refractivity contribution < 1.29 is 14.3 Å². The molecule has 1 atom stereocenters. The lowest BCUT2D eigenvalue weighted by molar-refractivity contribution is -0.116. The van der Waals surface area contributed by atoms with Gasteiger partial charge in [0.1, 0.15) is 0 Å². The topological polar surface area (TPSA) is 67.4 Å². The molecule has 2 rings (SSSR count). The zero-order valence-corrected chi connectivity index (χ0v) is 12.6. The lowest BCUT2D eigenvalue weighted by Crippen LogP contribution is -2.35. The van der Waals surface area contributed by atoms with E-state index in [0.29, 0.717) is 18.7 Å². The van der Waals surface area contributed by atoms with E-state index in [0.717, 1.165) is 31.4 Å². The Balaban J connectivity index is 1.87. The average Bonchev–Trinajstić information content (AvgIpc) is 2.81. The Bertz CT molecular complexity index is 517. The van der Waals surface area contributed by atoms with Gasteiger partial charge in [0.2, 0.25) is 5.91 Å². The second-order valence-corrected chi connectivity index (χ2v) is 5.33. The monoisotopic (exact) mass is 302 g/mol. The van der Waals surface area contributed by atoms with Crippen molar-refractivity contribution in [1.82, 2.24) is 10.6 Å². The van der Waals surface area contributed by atoms with Crippen LogP contribution in [0.2, 0.25) is 0 Å². The number of amides is 2. The molecule has 2 amide bonds. The molecule has 1 unspecified atom stereocenters. The van der Waals surface area contributed by atoms with E-state index in [4.69, 9.17) is 4.74 Å². The van der Waals surface area contributed by atoms with Crippen molar-refractivity contribution in [1.29, 1.82) is 0 Å². The van der Waals surface area contributed by atoms with Gasteiger partial charge >= 0.3 is 0 Å². The number of carbonyl (C=O) groups is 2. The largest absolute Gasteiger partial charge is 0.381 e. The Labute approximate surface area is 130 Å². The van der Waals surface area contributed by atoms with E-state index in [1.165, 1.54) is 6.08 Å². The van der Waals surface area contributed by atoms with E-state index in [9.17, 15) is 9.59 Å². The Morgan fingerprint density at radius 2 is 2.00 bits per heavy atom. The van der Waals surface area contributed by atoms with Crippen LogP contribution in [0.4, 0.5) is 0 Å². The van der Waals surface area contributed by atoms with Crippen LogP contribution in [-0.2, 0) is 16.1 Å². The first-order chi connectivity index (χ1) is 10.7. The van der Waals surface area contributed by atoms with Crippen molar-refractivity contribution in [3.05, 3.63) is 48.0 Å². The molecule has 5 nitrogen and oxygen atoms in total. The van der Waals surface area contributed by atoms with E-state index in [-0.39, 0.29) is 17.9 Å². The summed E-state index contributed by atoms with van der Waals surface area (Å²) in [7, 11) is 0. The third kappa shape index (κ3) is 5.00. The van der Waals surface area contributed by atoms with Gasteiger partial charge in [-0.2, -0.15) is 0 Å². The molecule has 5 heteroatoms. The van der Waals surface area contributed by atoms with Crippen LogP contribution in [0, 0.1) is 0 Å². The molecule has 0 saturated carbocycles. The molecular weight excluding hydrogens is 280 g/mol. The van der Waals surface area contributed by atoms with Gasteiger partial charge in [-0.15, -0.1) is 0 Å². The molecule has 1 saturated heterocycles. The van der Waals surface area contributed by atoms with E-state index >= 15 is 0 Å². The lowest BCUT2D eigenvalue weighted by Gasteiger charge is -2.15. The quantitative estimate of drug-likeness (QED) is 0.815. The van der Waals surface area contributed by atoms with Crippen molar-refractivity contribution in [2.45, 2.75) is 31.8 Å².